The third kappa shape index (κ3) is 3.60. The number of para-hydroxylation sites is 1. The monoisotopic (exact) mass is 269 g/mol. The summed E-state index contributed by atoms with van der Waals surface area (Å²) in [6.45, 7) is 4.68. The summed E-state index contributed by atoms with van der Waals surface area (Å²) in [5.41, 5.74) is 2.23. The van der Waals surface area contributed by atoms with Gasteiger partial charge in [0, 0.05) is 11.1 Å². The van der Waals surface area contributed by atoms with Crippen molar-refractivity contribution in [3.63, 3.8) is 0 Å². The van der Waals surface area contributed by atoms with Crippen molar-refractivity contribution in [1.29, 1.82) is 0 Å². The molecule has 3 heteroatoms. The quantitative estimate of drug-likeness (QED) is 0.662. The van der Waals surface area contributed by atoms with Gasteiger partial charge in [-0.25, -0.2) is 0 Å². The molecule has 0 aliphatic carbocycles. The van der Waals surface area contributed by atoms with Crippen LogP contribution in [0.15, 0.2) is 59.8 Å². The van der Waals surface area contributed by atoms with Crippen LogP contribution >= 0.6 is 0 Å². The van der Waals surface area contributed by atoms with Crippen molar-refractivity contribution in [2.75, 3.05) is 6.61 Å². The zero-order chi connectivity index (χ0) is 14.4. The van der Waals surface area contributed by atoms with E-state index < -0.39 is 0 Å². The Bertz CT molecular complexity index is 577. The third-order valence-electron chi connectivity index (χ3n) is 2.77. The minimum atomic E-state index is 0.197. The van der Waals surface area contributed by atoms with Crippen LogP contribution in [-0.2, 0) is 4.84 Å². The van der Waals surface area contributed by atoms with Gasteiger partial charge < -0.3 is 9.94 Å². The summed E-state index contributed by atoms with van der Waals surface area (Å²) >= 11 is 0. The Morgan fingerprint density at radius 2 is 1.70 bits per heavy atom. The molecule has 2 aromatic rings. The van der Waals surface area contributed by atoms with Crippen molar-refractivity contribution in [2.45, 2.75) is 13.8 Å². The van der Waals surface area contributed by atoms with Gasteiger partial charge in [-0.05, 0) is 18.1 Å². The molecule has 0 spiro atoms. The number of benzene rings is 2. The molecule has 1 N–H and O–H groups in total. The molecule has 0 saturated carbocycles. The summed E-state index contributed by atoms with van der Waals surface area (Å²) in [4.78, 5) is 5.40. The van der Waals surface area contributed by atoms with Gasteiger partial charge in [-0.15, -0.1) is 0 Å². The summed E-state index contributed by atoms with van der Waals surface area (Å²) in [6.07, 6.45) is 0. The fourth-order valence-corrected chi connectivity index (χ4v) is 1.78. The SMILES string of the molecule is CC(C)CO/N=C(/c1ccccc1)c1ccccc1O. The molecule has 0 aliphatic heterocycles. The smallest absolute Gasteiger partial charge is 0.125 e. The Balaban J connectivity index is 2.37. The van der Waals surface area contributed by atoms with Gasteiger partial charge in [0.2, 0.25) is 0 Å². The van der Waals surface area contributed by atoms with Crippen molar-refractivity contribution in [3.8, 4) is 5.75 Å². The second kappa shape index (κ2) is 6.75. The molecule has 2 aromatic carbocycles. The number of rotatable bonds is 5. The van der Waals surface area contributed by atoms with Gasteiger partial charge in [-0.2, -0.15) is 0 Å². The maximum absolute atomic E-state index is 10.0. The molecule has 104 valence electrons. The summed E-state index contributed by atoms with van der Waals surface area (Å²) < 4.78 is 0. The number of phenols is 1. The predicted molar refractivity (Wildman–Crippen MR) is 81.0 cm³/mol. The molecule has 0 radical (unpaired) electrons. The maximum Gasteiger partial charge on any atom is 0.125 e. The van der Waals surface area contributed by atoms with E-state index in [4.69, 9.17) is 4.84 Å². The summed E-state index contributed by atoms with van der Waals surface area (Å²) in [5.74, 6) is 0.600. The molecule has 3 nitrogen and oxygen atoms in total. The molecular formula is C17H19NO2. The highest BCUT2D eigenvalue weighted by Crippen LogP contribution is 2.21. The van der Waals surface area contributed by atoms with E-state index in [1.165, 1.54) is 0 Å². The fourth-order valence-electron chi connectivity index (χ4n) is 1.78. The van der Waals surface area contributed by atoms with Gasteiger partial charge in [0.05, 0.1) is 0 Å². The molecule has 0 unspecified atom stereocenters. The van der Waals surface area contributed by atoms with Crippen molar-refractivity contribution in [3.05, 3.63) is 65.7 Å². The Morgan fingerprint density at radius 1 is 1.05 bits per heavy atom. The first kappa shape index (κ1) is 14.1. The Kier molecular flexibility index (Phi) is 4.77. The van der Waals surface area contributed by atoms with Gasteiger partial charge in [-0.3, -0.25) is 0 Å². The van der Waals surface area contributed by atoms with E-state index in [0.29, 0.717) is 23.8 Å². The second-order valence-electron chi connectivity index (χ2n) is 5.01. The highest BCUT2D eigenvalue weighted by molar-refractivity contribution is 6.14. The lowest BCUT2D eigenvalue weighted by Crippen LogP contribution is -2.06. The van der Waals surface area contributed by atoms with Crippen LogP contribution in [0.4, 0.5) is 0 Å². The molecule has 2 rings (SSSR count). The normalized spacial score (nSPS) is 11.7. The average Bonchev–Trinajstić information content (AvgIpc) is 2.45. The molecule has 20 heavy (non-hydrogen) atoms. The van der Waals surface area contributed by atoms with E-state index in [1.807, 2.05) is 42.5 Å². The number of aromatic hydroxyl groups is 1. The van der Waals surface area contributed by atoms with E-state index in [0.717, 1.165) is 5.56 Å². The molecule has 0 heterocycles. The lowest BCUT2D eigenvalue weighted by atomic mass is 10.0. The first-order valence-corrected chi connectivity index (χ1v) is 6.72. The van der Waals surface area contributed by atoms with Crippen molar-refractivity contribution >= 4 is 5.71 Å². The average molecular weight is 269 g/mol. The minimum Gasteiger partial charge on any atom is -0.507 e. The van der Waals surface area contributed by atoms with Gasteiger partial charge in [0.15, 0.2) is 0 Å². The summed E-state index contributed by atoms with van der Waals surface area (Å²) in [7, 11) is 0. The van der Waals surface area contributed by atoms with E-state index in [9.17, 15) is 5.11 Å². The van der Waals surface area contributed by atoms with Gasteiger partial charge in [0.25, 0.3) is 0 Å². The number of hydrogen-bond donors (Lipinski definition) is 1. The van der Waals surface area contributed by atoms with Gasteiger partial charge in [0.1, 0.15) is 18.1 Å². The number of oxime groups is 1. The predicted octanol–water partition coefficient (Wildman–Crippen LogP) is 3.82. The van der Waals surface area contributed by atoms with E-state index in [-0.39, 0.29) is 5.75 Å². The molecule has 0 fully saturated rings. The van der Waals surface area contributed by atoms with Crippen molar-refractivity contribution in [2.24, 2.45) is 11.1 Å². The topological polar surface area (TPSA) is 41.8 Å². The summed E-state index contributed by atoms with van der Waals surface area (Å²) in [5, 5.41) is 14.2. The molecule has 0 aliphatic rings. The van der Waals surface area contributed by atoms with Crippen LogP contribution in [-0.4, -0.2) is 17.4 Å². The van der Waals surface area contributed by atoms with Crippen LogP contribution in [0.2, 0.25) is 0 Å². The highest BCUT2D eigenvalue weighted by atomic mass is 16.6. The number of hydrogen-bond acceptors (Lipinski definition) is 3. The Hall–Kier alpha value is -2.29. The maximum atomic E-state index is 10.0. The Morgan fingerprint density at radius 3 is 2.35 bits per heavy atom. The molecule has 0 atom stereocenters. The van der Waals surface area contributed by atoms with Crippen LogP contribution in [0.5, 0.6) is 5.75 Å². The zero-order valence-corrected chi connectivity index (χ0v) is 11.8. The lowest BCUT2D eigenvalue weighted by Gasteiger charge is -2.10. The summed E-state index contributed by atoms with van der Waals surface area (Å²) in [6, 6.07) is 16.9. The largest absolute Gasteiger partial charge is 0.507 e. The molecule has 0 saturated heterocycles. The van der Waals surface area contributed by atoms with Crippen molar-refractivity contribution in [1.82, 2.24) is 0 Å². The first-order chi connectivity index (χ1) is 9.68. The first-order valence-electron chi connectivity index (χ1n) is 6.72. The van der Waals surface area contributed by atoms with Gasteiger partial charge >= 0.3 is 0 Å². The van der Waals surface area contributed by atoms with Gasteiger partial charge in [-0.1, -0.05) is 61.5 Å². The molecule has 0 aromatic heterocycles. The van der Waals surface area contributed by atoms with Crippen molar-refractivity contribution < 1.29 is 9.94 Å². The Labute approximate surface area is 119 Å². The second-order valence-corrected chi connectivity index (χ2v) is 5.01. The van der Waals surface area contributed by atoms with E-state index in [2.05, 4.69) is 19.0 Å². The number of nitrogens with zero attached hydrogens (tertiary/aromatic N) is 1. The van der Waals surface area contributed by atoms with E-state index in [1.54, 1.807) is 12.1 Å². The van der Waals surface area contributed by atoms with Crippen LogP contribution < -0.4 is 0 Å². The minimum absolute atomic E-state index is 0.197. The lowest BCUT2D eigenvalue weighted by molar-refractivity contribution is 0.118. The van der Waals surface area contributed by atoms with Crippen LogP contribution in [0.25, 0.3) is 0 Å². The zero-order valence-electron chi connectivity index (χ0n) is 11.8. The fraction of sp³-hybridized carbons (Fsp3) is 0.235. The van der Waals surface area contributed by atoms with Crippen LogP contribution in [0, 0.1) is 5.92 Å². The molecular weight excluding hydrogens is 250 g/mol. The number of phenolic OH excluding ortho intramolecular Hbond substituents is 1. The standard InChI is InChI=1S/C17H19NO2/c1-13(2)12-20-18-17(14-8-4-3-5-9-14)15-10-6-7-11-16(15)19/h3-11,13,19H,12H2,1-2H3/b18-17-. The van der Waals surface area contributed by atoms with E-state index >= 15 is 0 Å². The highest BCUT2D eigenvalue weighted by Gasteiger charge is 2.11. The van der Waals surface area contributed by atoms with Crippen LogP contribution in [0.3, 0.4) is 0 Å². The third-order valence-corrected chi connectivity index (χ3v) is 2.77. The molecule has 0 bridgehead atoms. The van der Waals surface area contributed by atoms with Crippen LogP contribution in [0.1, 0.15) is 25.0 Å². The molecule has 0 amide bonds.